The van der Waals surface area contributed by atoms with Crippen LogP contribution in [0.15, 0.2) is 28.7 Å². The fraction of sp³-hybridized carbons (Fsp3) is 0. The number of halogens is 4. The zero-order valence-corrected chi connectivity index (χ0v) is 13.0. The number of carbonyl (C=O) groups excluding carboxylic acids is 1. The van der Waals surface area contributed by atoms with Crippen molar-refractivity contribution in [3.63, 3.8) is 0 Å². The van der Waals surface area contributed by atoms with Crippen molar-refractivity contribution in [2.75, 3.05) is 5.32 Å². The Balaban J connectivity index is 2.28. The average molecular weight is 381 g/mol. The van der Waals surface area contributed by atoms with Crippen molar-refractivity contribution in [3.8, 4) is 0 Å². The number of nitrogens with zero attached hydrogens (tertiary/aromatic N) is 2. The number of carbonyl (C=O) groups is 1. The number of anilines is 1. The van der Waals surface area contributed by atoms with Gasteiger partial charge >= 0.3 is 0 Å². The summed E-state index contributed by atoms with van der Waals surface area (Å²) >= 11 is 20.6. The molecule has 0 aliphatic heterocycles. The molecule has 1 aromatic heterocycles. The summed E-state index contributed by atoms with van der Waals surface area (Å²) in [6.45, 7) is 0. The minimum Gasteiger partial charge on any atom is -0.306 e. The van der Waals surface area contributed by atoms with Gasteiger partial charge in [0.2, 0.25) is 5.28 Å². The molecule has 0 atom stereocenters. The number of amides is 1. The molecule has 0 aliphatic carbocycles. The Morgan fingerprint density at radius 3 is 2.63 bits per heavy atom. The second-order valence-corrected chi connectivity index (χ2v) is 5.36. The lowest BCUT2D eigenvalue weighted by atomic mass is 10.2. The third kappa shape index (κ3) is 3.57. The number of hydrogen-bond donors (Lipinski definition) is 1. The topological polar surface area (TPSA) is 54.9 Å². The molecule has 0 saturated heterocycles. The second-order valence-electron chi connectivity index (χ2n) is 3.40. The number of hydrogen-bond acceptors (Lipinski definition) is 3. The van der Waals surface area contributed by atoms with Crippen LogP contribution in [0.5, 0.6) is 0 Å². The van der Waals surface area contributed by atoms with E-state index in [4.69, 9.17) is 34.8 Å². The van der Waals surface area contributed by atoms with Gasteiger partial charge in [-0.2, -0.15) is 0 Å². The summed E-state index contributed by atoms with van der Waals surface area (Å²) in [7, 11) is 0. The Hall–Kier alpha value is -0.880. The van der Waals surface area contributed by atoms with Crippen molar-refractivity contribution in [1.29, 1.82) is 0 Å². The Morgan fingerprint density at radius 1 is 1.21 bits per heavy atom. The monoisotopic (exact) mass is 379 g/mol. The van der Waals surface area contributed by atoms with Crippen LogP contribution in [0, 0.1) is 0 Å². The molecule has 0 fully saturated rings. The molecule has 4 nitrogen and oxygen atoms in total. The van der Waals surface area contributed by atoms with Crippen LogP contribution in [0.25, 0.3) is 0 Å². The molecule has 1 N–H and O–H groups in total. The number of aromatic nitrogens is 2. The molecule has 0 aliphatic rings. The van der Waals surface area contributed by atoms with Crippen LogP contribution in [0.2, 0.25) is 15.5 Å². The van der Waals surface area contributed by atoms with Crippen LogP contribution in [-0.2, 0) is 0 Å². The first-order chi connectivity index (χ1) is 8.97. The lowest BCUT2D eigenvalue weighted by molar-refractivity contribution is 0.102. The van der Waals surface area contributed by atoms with Gasteiger partial charge in [0, 0.05) is 10.5 Å². The predicted molar refractivity (Wildman–Crippen MR) is 79.2 cm³/mol. The molecule has 2 rings (SSSR count). The van der Waals surface area contributed by atoms with Gasteiger partial charge in [-0.1, -0.05) is 29.3 Å². The minimum absolute atomic E-state index is 0.0526. The third-order valence-corrected chi connectivity index (χ3v) is 3.76. The number of nitrogens with one attached hydrogen (secondary N) is 1. The Bertz CT molecular complexity index is 631. The van der Waals surface area contributed by atoms with Crippen molar-refractivity contribution >= 4 is 62.5 Å². The summed E-state index contributed by atoms with van der Waals surface area (Å²) in [5.41, 5.74) is 0.307. The molecular weight excluding hydrogens is 376 g/mol. The van der Waals surface area contributed by atoms with Gasteiger partial charge in [-0.25, -0.2) is 9.97 Å². The molecule has 98 valence electrons. The zero-order valence-electron chi connectivity index (χ0n) is 9.12. The first-order valence-corrected chi connectivity index (χ1v) is 6.85. The van der Waals surface area contributed by atoms with Crippen LogP contribution < -0.4 is 5.32 Å². The Labute approximate surface area is 132 Å². The maximum absolute atomic E-state index is 12.0. The third-order valence-electron chi connectivity index (χ3n) is 2.11. The van der Waals surface area contributed by atoms with Gasteiger partial charge in [0.25, 0.3) is 5.91 Å². The van der Waals surface area contributed by atoms with Crippen molar-refractivity contribution in [1.82, 2.24) is 9.97 Å². The summed E-state index contributed by atoms with van der Waals surface area (Å²) in [6, 6.07) is 6.41. The van der Waals surface area contributed by atoms with Crippen LogP contribution in [0.3, 0.4) is 0 Å². The zero-order chi connectivity index (χ0) is 14.0. The molecule has 0 radical (unpaired) electrons. The van der Waals surface area contributed by atoms with E-state index < -0.39 is 5.91 Å². The van der Waals surface area contributed by atoms with Gasteiger partial charge < -0.3 is 5.32 Å². The maximum Gasteiger partial charge on any atom is 0.258 e. The molecular formula is C11H5BrCl3N3O. The van der Waals surface area contributed by atoms with E-state index in [9.17, 15) is 4.79 Å². The van der Waals surface area contributed by atoms with E-state index in [0.717, 1.165) is 0 Å². The van der Waals surface area contributed by atoms with Crippen molar-refractivity contribution < 1.29 is 4.79 Å². The minimum atomic E-state index is -0.419. The van der Waals surface area contributed by atoms with Gasteiger partial charge in [-0.3, -0.25) is 4.79 Å². The highest BCUT2D eigenvalue weighted by Gasteiger charge is 2.13. The van der Waals surface area contributed by atoms with E-state index in [-0.39, 0.29) is 16.3 Å². The summed E-state index contributed by atoms with van der Waals surface area (Å²) in [6.07, 6.45) is 0. The predicted octanol–water partition coefficient (Wildman–Crippen LogP) is 4.45. The Morgan fingerprint density at radius 2 is 1.95 bits per heavy atom. The second kappa shape index (κ2) is 6.05. The van der Waals surface area contributed by atoms with Gasteiger partial charge in [-0.15, -0.1) is 0 Å². The molecule has 1 heterocycles. The lowest BCUT2D eigenvalue weighted by Gasteiger charge is -2.07. The first kappa shape index (κ1) is 14.5. The number of benzene rings is 1. The highest BCUT2D eigenvalue weighted by Crippen LogP contribution is 2.26. The van der Waals surface area contributed by atoms with Crippen molar-refractivity contribution in [3.05, 3.63) is 49.8 Å². The van der Waals surface area contributed by atoms with Crippen LogP contribution in [0.4, 0.5) is 5.82 Å². The normalized spacial score (nSPS) is 10.3. The highest BCUT2D eigenvalue weighted by atomic mass is 79.9. The van der Waals surface area contributed by atoms with E-state index >= 15 is 0 Å². The van der Waals surface area contributed by atoms with E-state index in [1.165, 1.54) is 6.07 Å². The van der Waals surface area contributed by atoms with E-state index in [1.807, 2.05) is 0 Å². The van der Waals surface area contributed by atoms with E-state index in [1.54, 1.807) is 18.2 Å². The summed E-state index contributed by atoms with van der Waals surface area (Å²) in [5.74, 6) is -0.219. The molecule has 0 bridgehead atoms. The molecule has 8 heteroatoms. The standard InChI is InChI=1S/C11H5BrCl3N3O/c12-6-3-1-2-5(9(6)14)10(19)17-8-4-7(13)16-11(15)18-8/h1-4H,(H,16,17,18,19). The summed E-state index contributed by atoms with van der Waals surface area (Å²) < 4.78 is 0.626. The van der Waals surface area contributed by atoms with E-state index in [0.29, 0.717) is 15.1 Å². The molecule has 0 unspecified atom stereocenters. The largest absolute Gasteiger partial charge is 0.306 e. The van der Waals surface area contributed by atoms with Crippen molar-refractivity contribution in [2.45, 2.75) is 0 Å². The highest BCUT2D eigenvalue weighted by molar-refractivity contribution is 9.10. The molecule has 1 amide bonds. The lowest BCUT2D eigenvalue weighted by Crippen LogP contribution is -2.14. The molecule has 0 spiro atoms. The number of rotatable bonds is 2. The van der Waals surface area contributed by atoms with Gasteiger partial charge in [0.05, 0.1) is 10.6 Å². The SMILES string of the molecule is O=C(Nc1cc(Cl)nc(Cl)n1)c1cccc(Br)c1Cl. The quantitative estimate of drug-likeness (QED) is 0.618. The average Bonchev–Trinajstić information content (AvgIpc) is 2.31. The van der Waals surface area contributed by atoms with Crippen LogP contribution >= 0.6 is 50.7 Å². The molecule has 19 heavy (non-hydrogen) atoms. The first-order valence-electron chi connectivity index (χ1n) is 4.93. The Kier molecular flexibility index (Phi) is 4.62. The fourth-order valence-corrected chi connectivity index (χ4v) is 2.30. The van der Waals surface area contributed by atoms with Gasteiger partial charge in [-0.05, 0) is 39.7 Å². The molecule has 2 aromatic rings. The summed E-state index contributed by atoms with van der Waals surface area (Å²) in [4.78, 5) is 19.6. The van der Waals surface area contributed by atoms with E-state index in [2.05, 4.69) is 31.2 Å². The summed E-state index contributed by atoms with van der Waals surface area (Å²) in [5, 5.41) is 2.94. The fourth-order valence-electron chi connectivity index (χ4n) is 1.32. The smallest absolute Gasteiger partial charge is 0.258 e. The van der Waals surface area contributed by atoms with Crippen LogP contribution in [-0.4, -0.2) is 15.9 Å². The molecule has 1 aromatic carbocycles. The van der Waals surface area contributed by atoms with Crippen molar-refractivity contribution in [2.24, 2.45) is 0 Å². The van der Waals surface area contributed by atoms with Gasteiger partial charge in [0.15, 0.2) is 0 Å². The maximum atomic E-state index is 12.0. The van der Waals surface area contributed by atoms with Gasteiger partial charge in [0.1, 0.15) is 11.0 Å². The molecule has 0 saturated carbocycles. The van der Waals surface area contributed by atoms with Crippen LogP contribution in [0.1, 0.15) is 10.4 Å².